The summed E-state index contributed by atoms with van der Waals surface area (Å²) in [4.78, 5) is 0. The van der Waals surface area contributed by atoms with E-state index in [4.69, 9.17) is 19.2 Å². The van der Waals surface area contributed by atoms with E-state index in [1.54, 1.807) is 0 Å². The maximum absolute atomic E-state index is 4.89. The molecule has 0 aliphatic heterocycles. The number of hydrogen-bond donors (Lipinski definition) is 0. The second kappa shape index (κ2) is 8.87. The minimum atomic E-state index is -0.556. The first-order valence-corrected chi connectivity index (χ1v) is 6.19. The Morgan fingerprint density at radius 1 is 1.25 bits per heavy atom. The van der Waals surface area contributed by atoms with E-state index in [0.717, 1.165) is 0 Å². The van der Waals surface area contributed by atoms with E-state index < -0.39 is 15.7 Å². The van der Waals surface area contributed by atoms with Crippen LogP contribution in [0.15, 0.2) is 0 Å². The van der Waals surface area contributed by atoms with Gasteiger partial charge in [0.2, 0.25) is 0 Å². The van der Waals surface area contributed by atoms with Crippen LogP contribution in [0.4, 0.5) is 0 Å². The molecule has 0 saturated carbocycles. The Labute approximate surface area is 42.4 Å². The van der Waals surface area contributed by atoms with Gasteiger partial charge < -0.3 is 7.43 Å². The van der Waals surface area contributed by atoms with Crippen LogP contribution in [0.1, 0.15) is 0 Å². The molecule has 0 aromatic heterocycles. The molecule has 0 aromatic carbocycles. The third-order valence-corrected chi connectivity index (χ3v) is 0. The zero-order chi connectivity index (χ0) is 2.71. The van der Waals surface area contributed by atoms with E-state index in [2.05, 4.69) is 0 Å². The van der Waals surface area contributed by atoms with E-state index in [9.17, 15) is 0 Å². The van der Waals surface area contributed by atoms with Crippen LogP contribution >= 0.6 is 19.2 Å². The average Bonchev–Trinajstić information content (AvgIpc) is 0.918. The first kappa shape index (κ1) is 8.97. The molecule has 0 aromatic rings. The van der Waals surface area contributed by atoms with Gasteiger partial charge in [-0.1, -0.05) is 0 Å². The first-order valence-electron chi connectivity index (χ1n) is 0.252. The van der Waals surface area contributed by atoms with Crippen LogP contribution in [-0.2, 0) is 15.7 Å². The molecule has 0 spiro atoms. The summed E-state index contributed by atoms with van der Waals surface area (Å²) in [5.74, 6) is 0. The summed E-state index contributed by atoms with van der Waals surface area (Å²) >= 11 is -0.556. The molecule has 0 N–H and O–H groups in total. The third kappa shape index (κ3) is 10.6. The van der Waals surface area contributed by atoms with Gasteiger partial charge in [-0.15, -0.1) is 0 Å². The van der Waals surface area contributed by atoms with Crippen molar-refractivity contribution in [1.29, 1.82) is 0 Å². The molecule has 4 heavy (non-hydrogen) atoms. The fourth-order valence-corrected chi connectivity index (χ4v) is 0. The second-order valence-corrected chi connectivity index (χ2v) is 3.51. The summed E-state index contributed by atoms with van der Waals surface area (Å²) in [7, 11) is 9.78. The average molecular weight is 278 g/mol. The van der Waals surface area contributed by atoms with Crippen LogP contribution in [0.3, 0.4) is 0 Å². The van der Waals surface area contributed by atoms with Gasteiger partial charge in [-0.25, -0.2) is 0 Å². The van der Waals surface area contributed by atoms with Gasteiger partial charge in [-0.3, -0.25) is 0 Å². The monoisotopic (exact) mass is 278 g/mol. The molecule has 0 fully saturated rings. The second-order valence-electron chi connectivity index (χ2n) is 0.0476. The number of hydrogen-bond acceptors (Lipinski definition) is 0. The number of rotatable bonds is 0. The Hall–Kier alpha value is 1.23. The minimum absolute atomic E-state index is 0. The molecule has 3 heteroatoms. The van der Waals surface area contributed by atoms with Gasteiger partial charge in [0, 0.05) is 0 Å². The SMILES string of the molecule is [CH3-].[Cl][Ir+][Cl]. The van der Waals surface area contributed by atoms with E-state index in [-0.39, 0.29) is 7.43 Å². The summed E-state index contributed by atoms with van der Waals surface area (Å²) in [5.41, 5.74) is 0. The molecular weight excluding hydrogens is 275 g/mol. The van der Waals surface area contributed by atoms with E-state index >= 15 is 0 Å². The first-order chi connectivity index (χ1) is 1.41. The molecule has 0 heterocycles. The van der Waals surface area contributed by atoms with Gasteiger partial charge in [-0.2, -0.15) is 0 Å². The predicted molar refractivity (Wildman–Crippen MR) is 18.1 cm³/mol. The Kier molecular flexibility index (Phi) is 19.9. The molecule has 0 saturated heterocycles. The van der Waals surface area contributed by atoms with Crippen molar-refractivity contribution in [3.8, 4) is 0 Å². The van der Waals surface area contributed by atoms with Crippen molar-refractivity contribution in [2.75, 3.05) is 0 Å². The molecule has 0 amide bonds. The van der Waals surface area contributed by atoms with Crippen LogP contribution in [-0.4, -0.2) is 0 Å². The fourth-order valence-electron chi connectivity index (χ4n) is 0. The molecule has 0 radical (unpaired) electrons. The van der Waals surface area contributed by atoms with Crippen molar-refractivity contribution < 1.29 is 15.7 Å². The van der Waals surface area contributed by atoms with Crippen LogP contribution in [0, 0.1) is 7.43 Å². The van der Waals surface area contributed by atoms with E-state index in [1.165, 1.54) is 0 Å². The van der Waals surface area contributed by atoms with Gasteiger partial charge in [-0.05, 0) is 0 Å². The number of halogens is 2. The Morgan fingerprint density at radius 2 is 1.25 bits per heavy atom. The van der Waals surface area contributed by atoms with Crippen molar-refractivity contribution in [2.24, 2.45) is 0 Å². The maximum atomic E-state index is 4.89. The summed E-state index contributed by atoms with van der Waals surface area (Å²) in [6.07, 6.45) is 0. The van der Waals surface area contributed by atoms with E-state index in [0.29, 0.717) is 0 Å². The van der Waals surface area contributed by atoms with Crippen molar-refractivity contribution in [3.05, 3.63) is 7.43 Å². The predicted octanol–water partition coefficient (Wildman–Crippen LogP) is 1.83. The third-order valence-electron chi connectivity index (χ3n) is 0. The molecule has 0 rings (SSSR count). The molecule has 0 aliphatic carbocycles. The van der Waals surface area contributed by atoms with Gasteiger partial charge in [0.05, 0.1) is 0 Å². The Morgan fingerprint density at radius 3 is 1.25 bits per heavy atom. The van der Waals surface area contributed by atoms with Crippen LogP contribution in [0.5, 0.6) is 0 Å². The van der Waals surface area contributed by atoms with Gasteiger partial charge in [0.15, 0.2) is 0 Å². The van der Waals surface area contributed by atoms with Crippen LogP contribution < -0.4 is 0 Å². The molecule has 30 valence electrons. The standard InChI is InChI=1S/CH3.2ClH.Ir/h1H3;2*1H;/q-1;;;+3/p-2. The van der Waals surface area contributed by atoms with Crippen molar-refractivity contribution in [1.82, 2.24) is 0 Å². The Bertz CT molecular complexity index is 6.00. The van der Waals surface area contributed by atoms with Crippen molar-refractivity contribution in [3.63, 3.8) is 0 Å². The molecular formula is CH3Cl2Ir. The molecule has 0 aliphatic rings. The quantitative estimate of drug-likeness (QED) is 0.593. The zero-order valence-electron chi connectivity index (χ0n) is 2.09. The van der Waals surface area contributed by atoms with Crippen LogP contribution in [0.2, 0.25) is 0 Å². The van der Waals surface area contributed by atoms with Crippen molar-refractivity contribution >= 4 is 19.2 Å². The summed E-state index contributed by atoms with van der Waals surface area (Å²) in [6.45, 7) is 0. The Balaban J connectivity index is 0. The van der Waals surface area contributed by atoms with Gasteiger partial charge in [0.1, 0.15) is 0 Å². The normalized spacial score (nSPS) is 5.50. The summed E-state index contributed by atoms with van der Waals surface area (Å²) in [5, 5.41) is 0. The summed E-state index contributed by atoms with van der Waals surface area (Å²) in [6, 6.07) is 0. The summed E-state index contributed by atoms with van der Waals surface area (Å²) < 4.78 is 0. The van der Waals surface area contributed by atoms with Gasteiger partial charge in [0.25, 0.3) is 0 Å². The van der Waals surface area contributed by atoms with Crippen molar-refractivity contribution in [2.45, 2.75) is 0 Å². The zero-order valence-corrected chi connectivity index (χ0v) is 6.00. The van der Waals surface area contributed by atoms with E-state index in [1.807, 2.05) is 0 Å². The molecule has 0 nitrogen and oxygen atoms in total. The fraction of sp³-hybridized carbons (Fsp3) is 0. The molecule has 0 bridgehead atoms. The topological polar surface area (TPSA) is 0 Å². The molecule has 0 atom stereocenters. The molecule has 0 unspecified atom stereocenters. The van der Waals surface area contributed by atoms with Gasteiger partial charge >= 0.3 is 34.8 Å². The van der Waals surface area contributed by atoms with Crippen LogP contribution in [0.25, 0.3) is 0 Å².